The molecule has 0 radical (unpaired) electrons. The largest absolute Gasteiger partial charge is 0.460 e. The minimum Gasteiger partial charge on any atom is -0.460 e. The highest BCUT2D eigenvalue weighted by atomic mass is 35.6. The predicted octanol–water partition coefficient (Wildman–Crippen LogP) is 11.9. The monoisotopic (exact) mass is 1040 g/mol. The summed E-state index contributed by atoms with van der Waals surface area (Å²) in [4.78, 5) is 24.1. The summed E-state index contributed by atoms with van der Waals surface area (Å²) in [6.45, 7) is 14.4. The third kappa shape index (κ3) is 15.5. The molecule has 0 saturated carbocycles. The molecule has 0 aliphatic carbocycles. The van der Waals surface area contributed by atoms with Gasteiger partial charge in [-0.15, -0.1) is 0 Å². The van der Waals surface area contributed by atoms with E-state index in [1.54, 1.807) is 60.7 Å². The Balaban J connectivity index is 0.000000255. The third-order valence-corrected chi connectivity index (χ3v) is 24.2. The summed E-state index contributed by atoms with van der Waals surface area (Å²) >= 11 is 7.21. The Labute approximate surface area is 420 Å². The zero-order valence-corrected chi connectivity index (χ0v) is 43.9. The zero-order valence-electron chi connectivity index (χ0n) is 41.2. The number of hydrogen-bond acceptors (Lipinski definition) is 6. The average Bonchev–Trinajstić information content (AvgIpc) is 3.32. The molecule has 6 nitrogen and oxygen atoms in total. The van der Waals surface area contributed by atoms with Crippen LogP contribution >= 0.6 is 11.1 Å². The molecule has 380 valence electrons. The van der Waals surface area contributed by atoms with Crippen molar-refractivity contribution < 1.29 is 54.9 Å². The van der Waals surface area contributed by atoms with E-state index in [1.807, 2.05) is 93.6 Å². The molecular formula is C56H63ClF6O6Si2. The van der Waals surface area contributed by atoms with Crippen LogP contribution in [0.15, 0.2) is 182 Å². The van der Waals surface area contributed by atoms with E-state index < -0.39 is 69.1 Å². The summed E-state index contributed by atoms with van der Waals surface area (Å²) in [7, 11) is -5.53. The molecule has 0 saturated heterocycles. The SMILES string of the molecule is CC(C)(C)[Si](Cl)(c1ccccc1)c1ccccc1.CC(O)C(C(=O)OCc1ccccc1)C(F)(F)F.CC(O[Si](c1ccccc1)(c1ccccc1)C(C)(C)C)C(C(=O)OCc1ccccc1)C(F)(F)F. The Morgan fingerprint density at radius 3 is 1.03 bits per heavy atom. The van der Waals surface area contributed by atoms with Crippen LogP contribution in [0, 0.1) is 11.8 Å². The molecule has 6 rings (SSSR count). The normalized spacial score (nSPS) is 14.0. The summed E-state index contributed by atoms with van der Waals surface area (Å²) in [5, 5.41) is 12.8. The van der Waals surface area contributed by atoms with Gasteiger partial charge in [0.1, 0.15) is 13.2 Å². The Morgan fingerprint density at radius 1 is 0.479 bits per heavy atom. The number of ether oxygens (including phenoxy) is 2. The van der Waals surface area contributed by atoms with Gasteiger partial charge in [0.05, 0.1) is 12.2 Å². The molecule has 4 unspecified atom stereocenters. The molecule has 0 aliphatic rings. The number of hydrogen-bond donors (Lipinski definition) is 1. The zero-order chi connectivity index (χ0) is 52.7. The molecule has 0 fully saturated rings. The smallest absolute Gasteiger partial charge is 0.404 e. The molecule has 6 aromatic carbocycles. The van der Waals surface area contributed by atoms with Gasteiger partial charge >= 0.3 is 24.3 Å². The molecule has 0 bridgehead atoms. The number of aliphatic hydroxyl groups excluding tert-OH is 1. The van der Waals surface area contributed by atoms with Gasteiger partial charge in [-0.1, -0.05) is 224 Å². The van der Waals surface area contributed by atoms with Gasteiger partial charge in [0, 0.05) is 0 Å². The Bertz CT molecular complexity index is 2430. The van der Waals surface area contributed by atoms with E-state index >= 15 is 0 Å². The van der Waals surface area contributed by atoms with Crippen LogP contribution in [0.2, 0.25) is 10.1 Å². The highest BCUT2D eigenvalue weighted by Gasteiger charge is 2.57. The molecule has 0 aromatic heterocycles. The predicted molar refractivity (Wildman–Crippen MR) is 275 cm³/mol. The highest BCUT2D eigenvalue weighted by Crippen LogP contribution is 2.41. The molecular weight excluding hydrogens is 974 g/mol. The Morgan fingerprint density at radius 2 is 0.761 bits per heavy atom. The van der Waals surface area contributed by atoms with Gasteiger partial charge in [0.15, 0.2) is 11.8 Å². The summed E-state index contributed by atoms with van der Waals surface area (Å²) in [5.74, 6) is -7.75. The molecule has 0 aliphatic heterocycles. The van der Waals surface area contributed by atoms with Crippen molar-refractivity contribution in [2.75, 3.05) is 0 Å². The van der Waals surface area contributed by atoms with Crippen LogP contribution in [-0.4, -0.2) is 57.3 Å². The van der Waals surface area contributed by atoms with Crippen molar-refractivity contribution in [2.24, 2.45) is 11.8 Å². The van der Waals surface area contributed by atoms with Crippen molar-refractivity contribution in [3.8, 4) is 0 Å². The molecule has 0 spiro atoms. The minimum atomic E-state index is -4.83. The van der Waals surface area contributed by atoms with Crippen LogP contribution in [0.4, 0.5) is 26.3 Å². The summed E-state index contributed by atoms with van der Waals surface area (Å²) in [5.41, 5.74) is 1.19. The summed E-state index contributed by atoms with van der Waals surface area (Å²) in [6.07, 6.45) is -13.0. The van der Waals surface area contributed by atoms with Gasteiger partial charge in [0.25, 0.3) is 8.32 Å². The fourth-order valence-corrected chi connectivity index (χ4v) is 17.1. The number of esters is 2. The lowest BCUT2D eigenvalue weighted by Crippen LogP contribution is -2.68. The molecule has 0 heterocycles. The van der Waals surface area contributed by atoms with Gasteiger partial charge < -0.3 is 19.0 Å². The molecule has 1 N–H and O–H groups in total. The van der Waals surface area contributed by atoms with E-state index in [9.17, 15) is 35.9 Å². The minimum absolute atomic E-state index is 0.0667. The lowest BCUT2D eigenvalue weighted by molar-refractivity contribution is -0.215. The van der Waals surface area contributed by atoms with E-state index in [1.165, 1.54) is 17.3 Å². The topological polar surface area (TPSA) is 82.1 Å². The first-order chi connectivity index (χ1) is 33.2. The molecule has 0 amide bonds. The van der Waals surface area contributed by atoms with Crippen LogP contribution in [0.3, 0.4) is 0 Å². The lowest BCUT2D eigenvalue weighted by atomic mass is 10.0. The van der Waals surface area contributed by atoms with Crippen LogP contribution in [0.25, 0.3) is 0 Å². The van der Waals surface area contributed by atoms with Gasteiger partial charge in [-0.3, -0.25) is 9.59 Å². The number of carbonyl (C=O) groups excluding carboxylic acids is 2. The van der Waals surface area contributed by atoms with Gasteiger partial charge in [-0.05, 0) is 55.8 Å². The van der Waals surface area contributed by atoms with Crippen LogP contribution in [-0.2, 0) is 36.7 Å². The molecule has 4 atom stereocenters. The van der Waals surface area contributed by atoms with E-state index in [0.717, 1.165) is 17.3 Å². The first-order valence-corrected chi connectivity index (χ1v) is 28.0. The van der Waals surface area contributed by atoms with Gasteiger partial charge in [-0.25, -0.2) is 0 Å². The van der Waals surface area contributed by atoms with E-state index in [4.69, 9.17) is 25.3 Å². The van der Waals surface area contributed by atoms with Gasteiger partial charge in [-0.2, -0.15) is 37.4 Å². The van der Waals surface area contributed by atoms with Crippen LogP contribution < -0.4 is 20.7 Å². The number of benzene rings is 6. The highest BCUT2D eigenvalue weighted by molar-refractivity contribution is 7.35. The van der Waals surface area contributed by atoms with Crippen molar-refractivity contribution >= 4 is 59.5 Å². The first kappa shape index (κ1) is 58.1. The third-order valence-electron chi connectivity index (χ3n) is 11.8. The van der Waals surface area contributed by atoms with Gasteiger partial charge in [0.2, 0.25) is 7.38 Å². The van der Waals surface area contributed by atoms with Crippen molar-refractivity contribution in [1.82, 2.24) is 0 Å². The summed E-state index contributed by atoms with van der Waals surface area (Å²) < 4.78 is 96.5. The number of halogens is 7. The first-order valence-electron chi connectivity index (χ1n) is 23.1. The second kappa shape index (κ2) is 25.2. The maximum Gasteiger partial charge on any atom is 0.404 e. The van der Waals surface area contributed by atoms with Crippen LogP contribution in [0.5, 0.6) is 0 Å². The number of rotatable bonds is 14. The van der Waals surface area contributed by atoms with Crippen molar-refractivity contribution in [3.05, 3.63) is 193 Å². The lowest BCUT2D eigenvalue weighted by Gasteiger charge is -2.45. The van der Waals surface area contributed by atoms with E-state index in [0.29, 0.717) is 11.1 Å². The van der Waals surface area contributed by atoms with Crippen molar-refractivity contribution in [1.29, 1.82) is 0 Å². The van der Waals surface area contributed by atoms with Crippen molar-refractivity contribution in [2.45, 2.75) is 103 Å². The van der Waals surface area contributed by atoms with E-state index in [2.05, 4.69) is 74.0 Å². The molecule has 6 aromatic rings. The Kier molecular flexibility index (Phi) is 20.6. The van der Waals surface area contributed by atoms with Crippen LogP contribution in [0.1, 0.15) is 66.5 Å². The fraction of sp³-hybridized carbons (Fsp3) is 0.321. The maximum absolute atomic E-state index is 14.3. The standard InChI is InChI=1S/C28H31F3O3Si.C16H19ClSi.C12H13F3O3/c1-21(25(28(29,30)31)26(32)33-20-22-14-8-5-9-15-22)34-35(27(2,3)4,23-16-10-6-11-17-23)24-18-12-7-13-19-24;1-16(2,3)18(17,14-10-6-4-7-11-14)15-12-8-5-9-13-15;1-8(16)10(12(13,14)15)11(17)18-7-9-5-3-2-4-6-9/h5-19,21,25H,20H2,1-4H3;4-13H,1-3H3;2-6,8,10,16H,7H2,1H3. The number of carbonyl (C=O) groups is 2. The second-order valence-electron chi connectivity index (χ2n) is 19.1. The second-order valence-corrected chi connectivity index (χ2v) is 29.0. The number of aliphatic hydroxyl groups is 1. The quantitative estimate of drug-likeness (QED) is 0.0507. The molecule has 71 heavy (non-hydrogen) atoms. The van der Waals surface area contributed by atoms with Crippen molar-refractivity contribution in [3.63, 3.8) is 0 Å². The average molecular weight is 1040 g/mol. The summed E-state index contributed by atoms with van der Waals surface area (Å²) in [6, 6.07) is 56.8. The molecule has 15 heteroatoms. The maximum atomic E-state index is 14.3. The van der Waals surface area contributed by atoms with E-state index in [-0.39, 0.29) is 18.3 Å². The number of alkyl halides is 6. The Hall–Kier alpha value is -5.52. The fourth-order valence-electron chi connectivity index (χ4n) is 8.24.